The van der Waals surface area contributed by atoms with Gasteiger partial charge in [0.25, 0.3) is 0 Å². The van der Waals surface area contributed by atoms with E-state index in [0.717, 1.165) is 18.8 Å². The second kappa shape index (κ2) is 7.82. The highest BCUT2D eigenvalue weighted by molar-refractivity contribution is 5.76. The lowest BCUT2D eigenvalue weighted by atomic mass is 10.0. The van der Waals surface area contributed by atoms with Gasteiger partial charge in [0.2, 0.25) is 5.91 Å². The number of hydrogen-bond donors (Lipinski definition) is 1. The summed E-state index contributed by atoms with van der Waals surface area (Å²) in [5.74, 6) is 1.79. The quantitative estimate of drug-likeness (QED) is 0.875. The predicted molar refractivity (Wildman–Crippen MR) is 86.5 cm³/mol. The van der Waals surface area contributed by atoms with Gasteiger partial charge < -0.3 is 9.73 Å². The summed E-state index contributed by atoms with van der Waals surface area (Å²) in [6, 6.07) is 4.15. The van der Waals surface area contributed by atoms with Crippen molar-refractivity contribution < 1.29 is 9.21 Å². The van der Waals surface area contributed by atoms with Gasteiger partial charge in [0.05, 0.1) is 12.3 Å². The fraction of sp³-hybridized carbons (Fsp3) is 0.722. The molecule has 1 aliphatic heterocycles. The molecule has 2 heterocycles. The highest BCUT2D eigenvalue weighted by Gasteiger charge is 2.25. The number of piperidine rings is 1. The van der Waals surface area contributed by atoms with Crippen LogP contribution in [0.3, 0.4) is 0 Å². The first kappa shape index (κ1) is 15.6. The minimum absolute atomic E-state index is 0.183. The van der Waals surface area contributed by atoms with E-state index in [-0.39, 0.29) is 11.9 Å². The summed E-state index contributed by atoms with van der Waals surface area (Å²) in [5.41, 5.74) is 0. The van der Waals surface area contributed by atoms with Crippen LogP contribution in [0, 0.1) is 5.92 Å². The normalized spacial score (nSPS) is 21.8. The van der Waals surface area contributed by atoms with Crippen molar-refractivity contribution in [3.05, 3.63) is 24.2 Å². The molecule has 3 rings (SSSR count). The van der Waals surface area contributed by atoms with Crippen LogP contribution in [0.2, 0.25) is 0 Å². The number of likely N-dealkylation sites (tertiary alicyclic amines) is 1. The average Bonchev–Trinajstić information content (AvgIpc) is 3.22. The van der Waals surface area contributed by atoms with Gasteiger partial charge in [-0.3, -0.25) is 9.69 Å². The lowest BCUT2D eigenvalue weighted by molar-refractivity contribution is -0.122. The smallest absolute Gasteiger partial charge is 0.220 e. The average molecular weight is 304 g/mol. The number of furan rings is 1. The van der Waals surface area contributed by atoms with Gasteiger partial charge in [-0.25, -0.2) is 0 Å². The molecular weight excluding hydrogens is 276 g/mol. The van der Waals surface area contributed by atoms with Crippen molar-refractivity contribution in [3.63, 3.8) is 0 Å². The Bertz CT molecular complexity index is 446. The molecule has 4 nitrogen and oxygen atoms in total. The number of carbonyl (C=O) groups is 1. The molecule has 1 aromatic rings. The summed E-state index contributed by atoms with van der Waals surface area (Å²) in [4.78, 5) is 14.7. The fourth-order valence-electron chi connectivity index (χ4n) is 3.88. The highest BCUT2D eigenvalue weighted by Crippen LogP contribution is 2.28. The van der Waals surface area contributed by atoms with Crippen molar-refractivity contribution in [3.8, 4) is 0 Å². The molecule has 0 radical (unpaired) electrons. The van der Waals surface area contributed by atoms with E-state index in [4.69, 9.17) is 4.42 Å². The summed E-state index contributed by atoms with van der Waals surface area (Å²) in [5, 5.41) is 3.15. The zero-order valence-electron chi connectivity index (χ0n) is 13.4. The first-order valence-corrected chi connectivity index (χ1v) is 8.87. The monoisotopic (exact) mass is 304 g/mol. The van der Waals surface area contributed by atoms with E-state index in [1.807, 2.05) is 12.1 Å². The molecule has 4 heteroatoms. The van der Waals surface area contributed by atoms with Crippen molar-refractivity contribution in [1.29, 1.82) is 0 Å². The van der Waals surface area contributed by atoms with Crippen LogP contribution in [0.4, 0.5) is 0 Å². The summed E-state index contributed by atoms with van der Waals surface area (Å²) >= 11 is 0. The number of hydrogen-bond acceptors (Lipinski definition) is 3. The summed E-state index contributed by atoms with van der Waals surface area (Å²) < 4.78 is 5.62. The molecule has 1 amide bonds. The summed E-state index contributed by atoms with van der Waals surface area (Å²) in [7, 11) is 0. The molecule has 0 bridgehead atoms. The van der Waals surface area contributed by atoms with Crippen LogP contribution in [-0.2, 0) is 4.79 Å². The first-order valence-electron chi connectivity index (χ1n) is 8.87. The Kier molecular flexibility index (Phi) is 5.54. The maximum atomic E-state index is 12.2. The third-order valence-electron chi connectivity index (χ3n) is 5.14. The zero-order chi connectivity index (χ0) is 15.2. The number of nitrogens with zero attached hydrogens (tertiary/aromatic N) is 1. The minimum atomic E-state index is 0.183. The van der Waals surface area contributed by atoms with Gasteiger partial charge in [-0.1, -0.05) is 19.3 Å². The molecule has 122 valence electrons. The zero-order valence-corrected chi connectivity index (χ0v) is 13.4. The second-order valence-electron chi connectivity index (χ2n) is 6.79. The largest absolute Gasteiger partial charge is 0.468 e. The number of carbonyl (C=O) groups excluding carboxylic acids is 1. The van der Waals surface area contributed by atoms with Gasteiger partial charge in [-0.15, -0.1) is 0 Å². The van der Waals surface area contributed by atoms with Crippen molar-refractivity contribution in [2.75, 3.05) is 19.6 Å². The van der Waals surface area contributed by atoms with Crippen molar-refractivity contribution >= 4 is 5.91 Å². The van der Waals surface area contributed by atoms with Crippen molar-refractivity contribution in [1.82, 2.24) is 10.2 Å². The van der Waals surface area contributed by atoms with Crippen LogP contribution in [0.25, 0.3) is 0 Å². The van der Waals surface area contributed by atoms with Gasteiger partial charge in [0.1, 0.15) is 5.76 Å². The number of amides is 1. The van der Waals surface area contributed by atoms with E-state index in [9.17, 15) is 4.79 Å². The van der Waals surface area contributed by atoms with Crippen LogP contribution in [0.1, 0.15) is 63.2 Å². The van der Waals surface area contributed by atoms with E-state index < -0.39 is 0 Å². The van der Waals surface area contributed by atoms with Crippen molar-refractivity contribution in [2.24, 2.45) is 5.92 Å². The van der Waals surface area contributed by atoms with Gasteiger partial charge in [0.15, 0.2) is 0 Å². The molecule has 0 spiro atoms. The van der Waals surface area contributed by atoms with E-state index in [2.05, 4.69) is 10.2 Å². The molecule has 1 unspecified atom stereocenters. The van der Waals surface area contributed by atoms with Crippen LogP contribution >= 0.6 is 0 Å². The molecule has 0 aromatic carbocycles. The second-order valence-corrected chi connectivity index (χ2v) is 6.79. The topological polar surface area (TPSA) is 45.5 Å². The number of nitrogens with one attached hydrogen (secondary N) is 1. The Labute approximate surface area is 133 Å². The Morgan fingerprint density at radius 3 is 2.68 bits per heavy atom. The van der Waals surface area contributed by atoms with Crippen LogP contribution < -0.4 is 5.32 Å². The van der Waals surface area contributed by atoms with Crippen LogP contribution in [0.5, 0.6) is 0 Å². The summed E-state index contributed by atoms with van der Waals surface area (Å²) in [6.45, 7) is 2.87. The van der Waals surface area contributed by atoms with E-state index in [1.54, 1.807) is 6.26 Å². The molecular formula is C18H28N2O2. The predicted octanol–water partition coefficient (Wildman–Crippen LogP) is 3.50. The number of rotatable bonds is 6. The highest BCUT2D eigenvalue weighted by atomic mass is 16.3. The standard InChI is InChI=1S/C18H28N2O2/c21-18(13-15-7-2-3-8-15)19-14-16(17-9-6-12-22-17)20-10-4-1-5-11-20/h6,9,12,15-16H,1-5,7-8,10-11,13-14H2,(H,19,21). The SMILES string of the molecule is O=C(CC1CCCC1)NCC(c1ccco1)N1CCCCC1. The molecule has 1 saturated carbocycles. The molecule has 1 N–H and O–H groups in total. The molecule has 2 aliphatic rings. The molecule has 1 saturated heterocycles. The van der Waals surface area contributed by atoms with Crippen molar-refractivity contribution in [2.45, 2.75) is 57.4 Å². The Morgan fingerprint density at radius 2 is 2.00 bits per heavy atom. The minimum Gasteiger partial charge on any atom is -0.468 e. The molecule has 2 fully saturated rings. The van der Waals surface area contributed by atoms with E-state index >= 15 is 0 Å². The van der Waals surface area contributed by atoms with Gasteiger partial charge >= 0.3 is 0 Å². The van der Waals surface area contributed by atoms with E-state index in [0.29, 0.717) is 18.9 Å². The Morgan fingerprint density at radius 1 is 1.23 bits per heavy atom. The van der Waals surface area contributed by atoms with Crippen LogP contribution in [-0.4, -0.2) is 30.4 Å². The Balaban J connectivity index is 1.54. The maximum Gasteiger partial charge on any atom is 0.220 e. The Hall–Kier alpha value is -1.29. The molecule has 1 atom stereocenters. The third kappa shape index (κ3) is 4.13. The fourth-order valence-corrected chi connectivity index (χ4v) is 3.88. The van der Waals surface area contributed by atoms with Gasteiger partial charge in [0, 0.05) is 13.0 Å². The van der Waals surface area contributed by atoms with E-state index in [1.165, 1.54) is 44.9 Å². The maximum absolute atomic E-state index is 12.2. The lowest BCUT2D eigenvalue weighted by Crippen LogP contribution is -2.40. The first-order chi connectivity index (χ1) is 10.8. The third-order valence-corrected chi connectivity index (χ3v) is 5.14. The molecule has 1 aliphatic carbocycles. The van der Waals surface area contributed by atoms with Crippen LogP contribution in [0.15, 0.2) is 22.8 Å². The van der Waals surface area contributed by atoms with Gasteiger partial charge in [-0.2, -0.15) is 0 Å². The molecule has 22 heavy (non-hydrogen) atoms. The summed E-state index contributed by atoms with van der Waals surface area (Å²) in [6.07, 6.45) is 11.3. The lowest BCUT2D eigenvalue weighted by Gasteiger charge is -2.33. The van der Waals surface area contributed by atoms with Gasteiger partial charge in [-0.05, 0) is 56.8 Å². The molecule has 1 aromatic heterocycles.